The second kappa shape index (κ2) is 7.29. The molecule has 4 aromatic rings. The van der Waals surface area contributed by atoms with Crippen LogP contribution in [0, 0.1) is 0 Å². The molecule has 0 amide bonds. The van der Waals surface area contributed by atoms with Gasteiger partial charge in [-0.3, -0.25) is 19.5 Å². The largest absolute Gasteiger partial charge is 0.294 e. The van der Waals surface area contributed by atoms with Gasteiger partial charge in [0.2, 0.25) is 0 Å². The van der Waals surface area contributed by atoms with Crippen LogP contribution >= 0.6 is 11.6 Å². The Kier molecular flexibility index (Phi) is 4.67. The smallest absolute Gasteiger partial charge is 0.277 e. The highest BCUT2D eigenvalue weighted by molar-refractivity contribution is 6.31. The molecule has 0 aliphatic rings. The van der Waals surface area contributed by atoms with E-state index in [-0.39, 0.29) is 23.3 Å². The van der Waals surface area contributed by atoms with Crippen molar-refractivity contribution >= 4 is 28.2 Å². The van der Waals surface area contributed by atoms with Crippen LogP contribution in [-0.2, 0) is 6.42 Å². The highest BCUT2D eigenvalue weighted by Crippen LogP contribution is 2.17. The zero-order chi connectivity index (χ0) is 19.7. The lowest BCUT2D eigenvalue weighted by atomic mass is 10.0. The third kappa shape index (κ3) is 3.28. The molecule has 5 nitrogen and oxygen atoms in total. The molecule has 0 saturated heterocycles. The molecule has 0 aliphatic heterocycles. The zero-order valence-corrected chi connectivity index (χ0v) is 15.4. The summed E-state index contributed by atoms with van der Waals surface area (Å²) in [6.07, 6.45) is 0.0673. The molecule has 0 atom stereocenters. The number of rotatable bonds is 4. The summed E-state index contributed by atoms with van der Waals surface area (Å²) in [5.41, 5.74) is 0.858. The van der Waals surface area contributed by atoms with Gasteiger partial charge < -0.3 is 0 Å². The summed E-state index contributed by atoms with van der Waals surface area (Å²) in [7, 11) is 0. The molecule has 0 fully saturated rings. The Hall–Kier alpha value is -3.44. The number of hydrogen-bond donors (Lipinski definition) is 1. The highest BCUT2D eigenvalue weighted by atomic mass is 35.5. The number of benzene rings is 3. The monoisotopic (exact) mass is 390 g/mol. The van der Waals surface area contributed by atoms with Crippen LogP contribution in [0.25, 0.3) is 16.5 Å². The van der Waals surface area contributed by atoms with Gasteiger partial charge in [-0.05, 0) is 35.9 Å². The molecule has 6 heteroatoms. The number of fused-ring (bicyclic) bond motifs is 1. The van der Waals surface area contributed by atoms with Crippen LogP contribution in [-0.4, -0.2) is 15.6 Å². The van der Waals surface area contributed by atoms with Gasteiger partial charge in [-0.25, -0.2) is 4.68 Å². The average Bonchev–Trinajstić information content (AvgIpc) is 2.71. The van der Waals surface area contributed by atoms with E-state index in [1.54, 1.807) is 72.8 Å². The Labute approximate surface area is 164 Å². The van der Waals surface area contributed by atoms with Crippen molar-refractivity contribution in [2.75, 3.05) is 0 Å². The van der Waals surface area contributed by atoms with Gasteiger partial charge in [-0.1, -0.05) is 54.1 Å². The molecule has 0 aliphatic carbocycles. The fourth-order valence-electron chi connectivity index (χ4n) is 3.19. The number of nitrogens with zero attached hydrogens (tertiary/aromatic N) is 1. The van der Waals surface area contributed by atoms with Crippen LogP contribution in [0.3, 0.4) is 0 Å². The van der Waals surface area contributed by atoms with E-state index < -0.39 is 0 Å². The molecule has 3 aromatic carbocycles. The number of ketones is 1. The third-order valence-corrected chi connectivity index (χ3v) is 4.78. The number of carbonyl (C=O) groups is 1. The summed E-state index contributed by atoms with van der Waals surface area (Å²) < 4.78 is 1.20. The normalized spacial score (nSPS) is 10.9. The van der Waals surface area contributed by atoms with Crippen LogP contribution in [0.5, 0.6) is 0 Å². The zero-order valence-electron chi connectivity index (χ0n) is 14.7. The number of nitrogens with one attached hydrogen (secondary N) is 1. The molecule has 4 rings (SSSR count). The van der Waals surface area contributed by atoms with E-state index in [0.717, 1.165) is 0 Å². The minimum atomic E-state index is -0.369. The van der Waals surface area contributed by atoms with Gasteiger partial charge in [0.1, 0.15) is 0 Å². The van der Waals surface area contributed by atoms with Gasteiger partial charge >= 0.3 is 0 Å². The maximum Gasteiger partial charge on any atom is 0.277 e. The first-order chi connectivity index (χ1) is 13.5. The summed E-state index contributed by atoms with van der Waals surface area (Å²) in [4.78, 5) is 38.0. The standard InChI is InChI=1S/C22H15ClN2O3/c23-16-8-5-7-15(12-16)20(26)13-14-6-1-4-11-19(14)25-22(28)18-10-3-2-9-17(18)21(27)24-25/h1-12H,13H2,(H,24,27). The second-order valence-corrected chi connectivity index (χ2v) is 6.80. The topological polar surface area (TPSA) is 71.9 Å². The molecule has 138 valence electrons. The number of H-pyrrole nitrogens is 1. The van der Waals surface area contributed by atoms with E-state index in [1.807, 2.05) is 0 Å². The third-order valence-electron chi connectivity index (χ3n) is 4.55. The number of aromatic nitrogens is 2. The number of halogens is 1. The van der Waals surface area contributed by atoms with Crippen molar-refractivity contribution < 1.29 is 4.79 Å². The van der Waals surface area contributed by atoms with Crippen LogP contribution in [0.15, 0.2) is 82.4 Å². The molecular formula is C22H15ClN2O3. The van der Waals surface area contributed by atoms with Crippen molar-refractivity contribution in [3.63, 3.8) is 0 Å². The SMILES string of the molecule is O=C(Cc1ccccc1-n1[nH]c(=O)c2ccccc2c1=O)c1cccc(Cl)c1. The van der Waals surface area contributed by atoms with Crippen molar-refractivity contribution in [1.29, 1.82) is 0 Å². The average molecular weight is 391 g/mol. The first kappa shape index (κ1) is 17.9. The maximum atomic E-state index is 12.9. The molecular weight excluding hydrogens is 376 g/mol. The van der Waals surface area contributed by atoms with E-state index in [9.17, 15) is 14.4 Å². The molecule has 1 N–H and O–H groups in total. The van der Waals surface area contributed by atoms with Crippen molar-refractivity contribution in [2.45, 2.75) is 6.42 Å². The Morgan fingerprint density at radius 2 is 1.61 bits per heavy atom. The van der Waals surface area contributed by atoms with E-state index >= 15 is 0 Å². The predicted molar refractivity (Wildman–Crippen MR) is 110 cm³/mol. The number of Topliss-reactive ketones (excluding diaryl/α,β-unsaturated/α-hetero) is 1. The highest BCUT2D eigenvalue weighted by Gasteiger charge is 2.14. The lowest BCUT2D eigenvalue weighted by Crippen LogP contribution is -2.29. The predicted octanol–water partition coefficient (Wildman–Crippen LogP) is 3.76. The lowest BCUT2D eigenvalue weighted by Gasteiger charge is -2.12. The second-order valence-electron chi connectivity index (χ2n) is 6.37. The van der Waals surface area contributed by atoms with Crippen molar-refractivity contribution in [3.8, 4) is 5.69 Å². The minimum absolute atomic E-state index is 0.0673. The van der Waals surface area contributed by atoms with Gasteiger partial charge in [-0.2, -0.15) is 0 Å². The molecule has 0 saturated carbocycles. The van der Waals surface area contributed by atoms with E-state index in [0.29, 0.717) is 32.6 Å². The first-order valence-corrected chi connectivity index (χ1v) is 9.03. The Balaban J connectivity index is 1.82. The summed E-state index contributed by atoms with van der Waals surface area (Å²) in [6.45, 7) is 0. The minimum Gasteiger partial charge on any atom is -0.294 e. The van der Waals surface area contributed by atoms with Crippen molar-refractivity contribution in [2.24, 2.45) is 0 Å². The summed E-state index contributed by atoms with van der Waals surface area (Å²) >= 11 is 5.98. The van der Waals surface area contributed by atoms with Gasteiger partial charge in [0.25, 0.3) is 11.1 Å². The fourth-order valence-corrected chi connectivity index (χ4v) is 3.38. The quantitative estimate of drug-likeness (QED) is 0.539. The Morgan fingerprint density at radius 3 is 2.39 bits per heavy atom. The van der Waals surface area contributed by atoms with Crippen LogP contribution in [0.1, 0.15) is 15.9 Å². The number of aromatic amines is 1. The van der Waals surface area contributed by atoms with Gasteiger partial charge in [-0.15, -0.1) is 0 Å². The molecule has 28 heavy (non-hydrogen) atoms. The first-order valence-electron chi connectivity index (χ1n) is 8.66. The summed E-state index contributed by atoms with van der Waals surface area (Å²) in [6, 6.07) is 20.4. The number of carbonyl (C=O) groups excluding carboxylic acids is 1. The van der Waals surface area contributed by atoms with E-state index in [2.05, 4.69) is 5.10 Å². The van der Waals surface area contributed by atoms with Crippen molar-refractivity contribution in [3.05, 3.63) is 110 Å². The molecule has 1 aromatic heterocycles. The summed E-state index contributed by atoms with van der Waals surface area (Å²) in [5.74, 6) is -0.133. The van der Waals surface area contributed by atoms with E-state index in [1.165, 1.54) is 4.68 Å². The van der Waals surface area contributed by atoms with Crippen LogP contribution < -0.4 is 11.1 Å². The summed E-state index contributed by atoms with van der Waals surface area (Å²) in [5, 5.41) is 3.75. The molecule has 0 spiro atoms. The van der Waals surface area contributed by atoms with Gasteiger partial charge in [0.05, 0.1) is 16.5 Å². The molecule has 0 unspecified atom stereocenters. The van der Waals surface area contributed by atoms with Gasteiger partial charge in [0.15, 0.2) is 5.78 Å². The number of para-hydroxylation sites is 1. The van der Waals surface area contributed by atoms with Gasteiger partial charge in [0, 0.05) is 17.0 Å². The van der Waals surface area contributed by atoms with Crippen LogP contribution in [0.4, 0.5) is 0 Å². The number of hydrogen-bond acceptors (Lipinski definition) is 3. The molecule has 1 heterocycles. The lowest BCUT2D eigenvalue weighted by molar-refractivity contribution is 0.0993. The molecule has 0 radical (unpaired) electrons. The Morgan fingerprint density at radius 1 is 0.893 bits per heavy atom. The maximum absolute atomic E-state index is 12.9. The van der Waals surface area contributed by atoms with E-state index in [4.69, 9.17) is 11.6 Å². The van der Waals surface area contributed by atoms with Crippen molar-refractivity contribution in [1.82, 2.24) is 9.78 Å². The Bertz CT molecular complexity index is 1320. The van der Waals surface area contributed by atoms with Crippen LogP contribution in [0.2, 0.25) is 5.02 Å². The molecule has 0 bridgehead atoms. The fraction of sp³-hybridized carbons (Fsp3) is 0.0455.